The zero-order valence-corrected chi connectivity index (χ0v) is 14.4. The molecule has 2 heterocycles. The maximum Gasteiger partial charge on any atom is 0.573 e. The highest BCUT2D eigenvalue weighted by atomic mass is 32.1. The lowest BCUT2D eigenvalue weighted by Crippen LogP contribution is -2.46. The van der Waals surface area contributed by atoms with Crippen LogP contribution in [0.3, 0.4) is 0 Å². The van der Waals surface area contributed by atoms with Crippen molar-refractivity contribution in [2.24, 2.45) is 0 Å². The smallest absolute Gasteiger partial charge is 0.406 e. The first-order valence-corrected chi connectivity index (χ1v) is 8.68. The van der Waals surface area contributed by atoms with Crippen LogP contribution in [0.1, 0.15) is 35.8 Å². The average Bonchev–Trinajstić information content (AvgIpc) is 3.17. The first-order valence-electron chi connectivity index (χ1n) is 7.84. The van der Waals surface area contributed by atoms with Crippen LogP contribution in [-0.2, 0) is 6.42 Å². The summed E-state index contributed by atoms with van der Waals surface area (Å²) in [6.07, 6.45) is -2.41. The van der Waals surface area contributed by atoms with Crippen LogP contribution in [-0.4, -0.2) is 33.6 Å². The molecule has 1 fully saturated rings. The fraction of sp³-hybridized carbons (Fsp3) is 0.412. The predicted octanol–water partition coefficient (Wildman–Crippen LogP) is 4.28. The minimum absolute atomic E-state index is 0.0988. The molecule has 1 aromatic carbocycles. The maximum absolute atomic E-state index is 12.6. The Balaban J connectivity index is 1.73. The first kappa shape index (κ1) is 17.7. The van der Waals surface area contributed by atoms with Crippen molar-refractivity contribution in [3.8, 4) is 5.75 Å². The van der Waals surface area contributed by atoms with E-state index >= 15 is 0 Å². The fourth-order valence-electron chi connectivity index (χ4n) is 3.26. The summed E-state index contributed by atoms with van der Waals surface area (Å²) in [6, 6.07) is 7.52. The molecule has 25 heavy (non-hydrogen) atoms. The largest absolute Gasteiger partial charge is 0.573 e. The molecule has 0 saturated carbocycles. The number of hydrogen-bond donors (Lipinski definition) is 0. The molecule has 2 aromatic rings. The van der Waals surface area contributed by atoms with E-state index in [1.54, 1.807) is 23.6 Å². The summed E-state index contributed by atoms with van der Waals surface area (Å²) in [6.45, 7) is 2.66. The van der Waals surface area contributed by atoms with Crippen LogP contribution in [0.4, 0.5) is 13.2 Å². The molecule has 1 aliphatic heterocycles. The molecular formula is C17H17F3N2O2S. The van der Waals surface area contributed by atoms with Crippen LogP contribution in [0.2, 0.25) is 0 Å². The number of likely N-dealkylation sites (tertiary alicyclic amines) is 1. The van der Waals surface area contributed by atoms with Gasteiger partial charge in [0.05, 0.1) is 0 Å². The highest BCUT2D eigenvalue weighted by Crippen LogP contribution is 2.34. The minimum atomic E-state index is -4.70. The van der Waals surface area contributed by atoms with E-state index in [0.29, 0.717) is 18.7 Å². The number of nitrogens with zero attached hydrogens (tertiary/aromatic N) is 2. The van der Waals surface area contributed by atoms with Crippen molar-refractivity contribution in [3.05, 3.63) is 47.0 Å². The lowest BCUT2D eigenvalue weighted by molar-refractivity contribution is -0.274. The van der Waals surface area contributed by atoms with E-state index in [2.05, 4.69) is 9.11 Å². The van der Waals surface area contributed by atoms with Gasteiger partial charge < -0.3 is 9.64 Å². The van der Waals surface area contributed by atoms with Crippen molar-refractivity contribution in [1.29, 1.82) is 0 Å². The van der Waals surface area contributed by atoms with Gasteiger partial charge in [0.1, 0.15) is 11.4 Å². The van der Waals surface area contributed by atoms with Gasteiger partial charge >= 0.3 is 6.36 Å². The molecule has 4 nitrogen and oxygen atoms in total. The number of ether oxygens (including phenoxy) is 1. The van der Waals surface area contributed by atoms with Crippen molar-refractivity contribution in [3.63, 3.8) is 0 Å². The van der Waals surface area contributed by atoms with E-state index in [-0.39, 0.29) is 17.2 Å². The molecule has 0 spiro atoms. The SMILES string of the molecule is CC1(Cc2ccc(OC(F)(F)F)cc2)CCCN1C(=O)c1ccsn1. The van der Waals surface area contributed by atoms with Crippen LogP contribution in [0.15, 0.2) is 35.7 Å². The van der Waals surface area contributed by atoms with Crippen LogP contribution >= 0.6 is 11.5 Å². The van der Waals surface area contributed by atoms with Crippen LogP contribution in [0, 0.1) is 0 Å². The Hall–Kier alpha value is -2.09. The summed E-state index contributed by atoms with van der Waals surface area (Å²) in [5.74, 6) is -0.346. The topological polar surface area (TPSA) is 42.4 Å². The van der Waals surface area contributed by atoms with Crippen molar-refractivity contribution in [1.82, 2.24) is 9.27 Å². The number of aromatic nitrogens is 1. The van der Waals surface area contributed by atoms with Crippen LogP contribution in [0.5, 0.6) is 5.75 Å². The van der Waals surface area contributed by atoms with E-state index in [1.165, 1.54) is 23.7 Å². The quantitative estimate of drug-likeness (QED) is 0.807. The molecular weight excluding hydrogens is 353 g/mol. The van der Waals surface area contributed by atoms with Gasteiger partial charge in [-0.05, 0) is 61.5 Å². The lowest BCUT2D eigenvalue weighted by Gasteiger charge is -2.35. The summed E-state index contributed by atoms with van der Waals surface area (Å²) in [4.78, 5) is 14.5. The number of carbonyl (C=O) groups excluding carboxylic acids is 1. The Kier molecular flexibility index (Phi) is 4.73. The zero-order chi connectivity index (χ0) is 18.1. The first-order chi connectivity index (χ1) is 11.8. The van der Waals surface area contributed by atoms with Crippen LogP contribution < -0.4 is 4.74 Å². The van der Waals surface area contributed by atoms with Gasteiger partial charge in [-0.25, -0.2) is 0 Å². The van der Waals surface area contributed by atoms with Gasteiger partial charge in [-0.3, -0.25) is 4.79 Å². The molecule has 1 amide bonds. The number of benzene rings is 1. The number of halogens is 3. The molecule has 1 unspecified atom stereocenters. The Labute approximate surface area is 147 Å². The van der Waals surface area contributed by atoms with Gasteiger partial charge in [-0.1, -0.05) is 12.1 Å². The molecule has 0 radical (unpaired) electrons. The van der Waals surface area contributed by atoms with Gasteiger partial charge in [0.2, 0.25) is 0 Å². The van der Waals surface area contributed by atoms with Crippen molar-refractivity contribution in [2.75, 3.05) is 6.54 Å². The molecule has 0 N–H and O–H groups in total. The van der Waals surface area contributed by atoms with E-state index in [1.807, 2.05) is 11.8 Å². The van der Waals surface area contributed by atoms with E-state index in [4.69, 9.17) is 0 Å². The average molecular weight is 370 g/mol. The highest BCUT2D eigenvalue weighted by molar-refractivity contribution is 7.03. The number of rotatable bonds is 4. The normalized spacial score (nSPS) is 20.7. The number of amides is 1. The molecule has 134 valence electrons. The third-order valence-electron chi connectivity index (χ3n) is 4.39. The summed E-state index contributed by atoms with van der Waals surface area (Å²) < 4.78 is 44.7. The van der Waals surface area contributed by atoms with Crippen molar-refractivity contribution in [2.45, 2.75) is 38.1 Å². The predicted molar refractivity (Wildman–Crippen MR) is 87.6 cm³/mol. The van der Waals surface area contributed by atoms with Gasteiger partial charge in [-0.15, -0.1) is 13.2 Å². The Morgan fingerprint density at radius 2 is 2.04 bits per heavy atom. The van der Waals surface area contributed by atoms with Gasteiger partial charge in [0, 0.05) is 17.5 Å². The molecule has 0 aliphatic carbocycles. The van der Waals surface area contributed by atoms with Crippen molar-refractivity contribution < 1.29 is 22.7 Å². The van der Waals surface area contributed by atoms with E-state index in [0.717, 1.165) is 18.4 Å². The Morgan fingerprint density at radius 3 is 2.64 bits per heavy atom. The van der Waals surface area contributed by atoms with Gasteiger partial charge in [-0.2, -0.15) is 4.37 Å². The third-order valence-corrected chi connectivity index (χ3v) is 4.95. The Morgan fingerprint density at radius 1 is 1.32 bits per heavy atom. The van der Waals surface area contributed by atoms with Crippen LogP contribution in [0.25, 0.3) is 0 Å². The molecule has 1 aromatic heterocycles. The summed E-state index contributed by atoms with van der Waals surface area (Å²) in [5.41, 5.74) is 0.912. The number of hydrogen-bond acceptors (Lipinski definition) is 4. The summed E-state index contributed by atoms with van der Waals surface area (Å²) >= 11 is 1.23. The Bertz CT molecular complexity index is 731. The fourth-order valence-corrected chi connectivity index (χ4v) is 3.77. The summed E-state index contributed by atoms with van der Waals surface area (Å²) in [7, 11) is 0. The second-order valence-corrected chi connectivity index (χ2v) is 6.98. The monoisotopic (exact) mass is 370 g/mol. The second kappa shape index (κ2) is 6.67. The molecule has 0 bridgehead atoms. The molecule has 1 aliphatic rings. The summed E-state index contributed by atoms with van der Waals surface area (Å²) in [5, 5.41) is 1.76. The van der Waals surface area contributed by atoms with Crippen molar-refractivity contribution >= 4 is 17.4 Å². The molecule has 1 atom stereocenters. The molecule has 3 rings (SSSR count). The maximum atomic E-state index is 12.6. The minimum Gasteiger partial charge on any atom is -0.406 e. The lowest BCUT2D eigenvalue weighted by atomic mass is 9.90. The van der Waals surface area contributed by atoms with E-state index < -0.39 is 6.36 Å². The highest BCUT2D eigenvalue weighted by Gasteiger charge is 2.40. The molecule has 8 heteroatoms. The van der Waals surface area contributed by atoms with E-state index in [9.17, 15) is 18.0 Å². The molecule has 1 saturated heterocycles. The second-order valence-electron chi connectivity index (χ2n) is 6.31. The zero-order valence-electron chi connectivity index (χ0n) is 13.5. The van der Waals surface area contributed by atoms with Gasteiger partial charge in [0.25, 0.3) is 5.91 Å². The standard InChI is InChI=1S/C17H17F3N2O2S/c1-16(8-2-9-22(16)15(23)14-7-10-25-21-14)11-12-3-5-13(6-4-12)24-17(18,19)20/h3-7,10H,2,8-9,11H2,1H3. The third kappa shape index (κ3) is 4.12. The number of carbonyl (C=O) groups is 1. The van der Waals surface area contributed by atoms with Gasteiger partial charge in [0.15, 0.2) is 0 Å². The number of alkyl halides is 3.